The smallest absolute Gasteiger partial charge is 0.0898 e. The molecule has 0 fully saturated rings. The lowest BCUT2D eigenvalue weighted by molar-refractivity contribution is -0.00943. The molecule has 2 rings (SSSR count). The minimum absolute atomic E-state index is 0.220. The van der Waals surface area contributed by atoms with Crippen LogP contribution in [0.3, 0.4) is 0 Å². The van der Waals surface area contributed by atoms with Crippen molar-refractivity contribution in [2.75, 3.05) is 13.2 Å². The Balaban J connectivity index is 1.69. The quantitative estimate of drug-likeness (QED) is 0.772. The van der Waals surface area contributed by atoms with Crippen molar-refractivity contribution >= 4 is 11.3 Å². The van der Waals surface area contributed by atoms with Gasteiger partial charge in [0, 0.05) is 17.5 Å². The van der Waals surface area contributed by atoms with E-state index in [-0.39, 0.29) is 6.10 Å². The highest BCUT2D eigenvalue weighted by Gasteiger charge is 2.21. The molecular weight excluding hydrogens is 282 g/mol. The maximum atomic E-state index is 10.1. The standard InChI is InChI=1S/C17H29NO2S/c1-12(2)9-13(3)20-11-14(19)10-18-16-5-4-6-17-15(16)7-8-21-17/h7-8,12-14,16,18-19H,4-6,9-11H2,1-3H3. The normalized spacial score (nSPS) is 21.3. The van der Waals surface area contributed by atoms with Gasteiger partial charge in [-0.2, -0.15) is 0 Å². The SMILES string of the molecule is CC(C)CC(C)OCC(O)CNC1CCCc2sccc21. The maximum Gasteiger partial charge on any atom is 0.0898 e. The van der Waals surface area contributed by atoms with Gasteiger partial charge in [0.1, 0.15) is 0 Å². The summed E-state index contributed by atoms with van der Waals surface area (Å²) in [5.74, 6) is 0.634. The molecule has 1 heterocycles. The second-order valence-corrected chi connectivity index (χ2v) is 7.58. The van der Waals surface area contributed by atoms with E-state index in [1.54, 1.807) is 0 Å². The lowest BCUT2D eigenvalue weighted by Gasteiger charge is -2.25. The van der Waals surface area contributed by atoms with Gasteiger partial charge in [-0.25, -0.2) is 0 Å². The van der Waals surface area contributed by atoms with Crippen LogP contribution in [0.15, 0.2) is 11.4 Å². The minimum Gasteiger partial charge on any atom is -0.389 e. The molecule has 0 amide bonds. The van der Waals surface area contributed by atoms with Crippen molar-refractivity contribution in [3.8, 4) is 0 Å². The molecule has 0 saturated carbocycles. The van der Waals surface area contributed by atoms with Crippen molar-refractivity contribution in [1.29, 1.82) is 0 Å². The van der Waals surface area contributed by atoms with Gasteiger partial charge in [-0.05, 0) is 55.5 Å². The summed E-state index contributed by atoms with van der Waals surface area (Å²) in [6.45, 7) is 7.50. The minimum atomic E-state index is -0.427. The van der Waals surface area contributed by atoms with E-state index in [0.717, 1.165) is 6.42 Å². The highest BCUT2D eigenvalue weighted by atomic mass is 32.1. The summed E-state index contributed by atoms with van der Waals surface area (Å²) in [4.78, 5) is 1.51. The van der Waals surface area contributed by atoms with Gasteiger partial charge in [-0.15, -0.1) is 11.3 Å². The second kappa shape index (κ2) is 8.28. The molecule has 1 aromatic heterocycles. The van der Waals surface area contributed by atoms with Gasteiger partial charge in [0.25, 0.3) is 0 Å². The summed E-state index contributed by atoms with van der Waals surface area (Å²) < 4.78 is 5.72. The van der Waals surface area contributed by atoms with Crippen LogP contribution in [0.2, 0.25) is 0 Å². The zero-order valence-corrected chi connectivity index (χ0v) is 14.3. The Morgan fingerprint density at radius 2 is 2.24 bits per heavy atom. The van der Waals surface area contributed by atoms with Gasteiger partial charge in [0.15, 0.2) is 0 Å². The Hall–Kier alpha value is -0.420. The van der Waals surface area contributed by atoms with Crippen LogP contribution in [-0.4, -0.2) is 30.5 Å². The topological polar surface area (TPSA) is 41.5 Å². The Morgan fingerprint density at radius 3 is 3.00 bits per heavy atom. The van der Waals surface area contributed by atoms with E-state index >= 15 is 0 Å². The van der Waals surface area contributed by atoms with Crippen molar-refractivity contribution in [3.05, 3.63) is 21.9 Å². The monoisotopic (exact) mass is 311 g/mol. The molecular formula is C17H29NO2S. The van der Waals surface area contributed by atoms with Crippen molar-refractivity contribution < 1.29 is 9.84 Å². The third-order valence-electron chi connectivity index (χ3n) is 4.03. The average Bonchev–Trinajstić information content (AvgIpc) is 2.91. The van der Waals surface area contributed by atoms with Crippen LogP contribution >= 0.6 is 11.3 Å². The first kappa shape index (κ1) is 16.9. The fourth-order valence-corrected chi connectivity index (χ4v) is 4.03. The number of rotatable bonds is 8. The van der Waals surface area contributed by atoms with Crippen LogP contribution in [0.25, 0.3) is 0 Å². The highest BCUT2D eigenvalue weighted by molar-refractivity contribution is 7.10. The van der Waals surface area contributed by atoms with Crippen molar-refractivity contribution in [2.24, 2.45) is 5.92 Å². The molecule has 0 aliphatic heterocycles. The zero-order chi connectivity index (χ0) is 15.2. The third kappa shape index (κ3) is 5.37. The fraction of sp³-hybridized carbons (Fsp3) is 0.765. The van der Waals surface area contributed by atoms with Crippen LogP contribution in [0.4, 0.5) is 0 Å². The van der Waals surface area contributed by atoms with Crippen LogP contribution < -0.4 is 5.32 Å². The first-order valence-electron chi connectivity index (χ1n) is 8.15. The molecule has 1 aliphatic rings. The Bertz CT molecular complexity index is 419. The molecule has 3 unspecified atom stereocenters. The third-order valence-corrected chi connectivity index (χ3v) is 5.02. The number of fused-ring (bicyclic) bond motifs is 1. The molecule has 4 heteroatoms. The largest absolute Gasteiger partial charge is 0.389 e. The van der Waals surface area contributed by atoms with E-state index in [4.69, 9.17) is 4.74 Å². The number of hydrogen-bond donors (Lipinski definition) is 2. The van der Waals surface area contributed by atoms with Crippen molar-refractivity contribution in [3.63, 3.8) is 0 Å². The predicted octanol–water partition coefficient (Wildman–Crippen LogP) is 3.53. The van der Waals surface area contributed by atoms with Crippen LogP contribution in [0.5, 0.6) is 0 Å². The number of aryl methyl sites for hydroxylation is 1. The van der Waals surface area contributed by atoms with E-state index < -0.39 is 6.10 Å². The van der Waals surface area contributed by atoms with Gasteiger partial charge in [-0.3, -0.25) is 0 Å². The van der Waals surface area contributed by atoms with Crippen LogP contribution in [-0.2, 0) is 11.2 Å². The van der Waals surface area contributed by atoms with E-state index in [9.17, 15) is 5.11 Å². The number of aliphatic hydroxyl groups excluding tert-OH is 1. The summed E-state index contributed by atoms with van der Waals surface area (Å²) in [5.41, 5.74) is 1.44. The lowest BCUT2D eigenvalue weighted by Crippen LogP contribution is -2.35. The first-order chi connectivity index (χ1) is 10.1. The van der Waals surface area contributed by atoms with Crippen LogP contribution in [0.1, 0.15) is 56.5 Å². The highest BCUT2D eigenvalue weighted by Crippen LogP contribution is 2.33. The van der Waals surface area contributed by atoms with Gasteiger partial charge in [0.2, 0.25) is 0 Å². The molecule has 120 valence electrons. The molecule has 2 N–H and O–H groups in total. The summed E-state index contributed by atoms with van der Waals surface area (Å²) in [6.07, 6.45) is 4.45. The summed E-state index contributed by atoms with van der Waals surface area (Å²) >= 11 is 1.86. The van der Waals surface area contributed by atoms with Gasteiger partial charge < -0.3 is 15.2 Å². The van der Waals surface area contributed by atoms with Crippen molar-refractivity contribution in [2.45, 2.75) is 64.7 Å². The maximum absolute atomic E-state index is 10.1. The van der Waals surface area contributed by atoms with E-state index in [0.29, 0.717) is 25.1 Å². The Labute approximate surface area is 132 Å². The average molecular weight is 311 g/mol. The fourth-order valence-electron chi connectivity index (χ4n) is 3.04. The number of ether oxygens (including phenoxy) is 1. The van der Waals surface area contributed by atoms with Crippen LogP contribution in [0, 0.1) is 5.92 Å². The molecule has 1 aromatic rings. The first-order valence-corrected chi connectivity index (χ1v) is 9.03. The van der Waals surface area contributed by atoms with E-state index in [2.05, 4.69) is 37.5 Å². The second-order valence-electron chi connectivity index (χ2n) is 6.58. The molecule has 0 radical (unpaired) electrons. The predicted molar refractivity (Wildman–Crippen MR) is 88.9 cm³/mol. The van der Waals surface area contributed by atoms with E-state index in [1.807, 2.05) is 11.3 Å². The molecule has 21 heavy (non-hydrogen) atoms. The van der Waals surface area contributed by atoms with Gasteiger partial charge >= 0.3 is 0 Å². The van der Waals surface area contributed by atoms with Gasteiger partial charge in [-0.1, -0.05) is 13.8 Å². The number of thiophene rings is 1. The Kier molecular flexibility index (Phi) is 6.68. The van der Waals surface area contributed by atoms with Gasteiger partial charge in [0.05, 0.1) is 18.8 Å². The molecule has 0 saturated heterocycles. The number of aliphatic hydroxyl groups is 1. The van der Waals surface area contributed by atoms with E-state index in [1.165, 1.54) is 29.7 Å². The summed E-state index contributed by atoms with van der Waals surface area (Å²) in [6, 6.07) is 2.63. The van der Waals surface area contributed by atoms with Crippen molar-refractivity contribution in [1.82, 2.24) is 5.32 Å². The molecule has 0 bridgehead atoms. The summed E-state index contributed by atoms with van der Waals surface area (Å²) in [5, 5.41) is 15.8. The Morgan fingerprint density at radius 1 is 1.43 bits per heavy atom. The lowest BCUT2D eigenvalue weighted by atomic mass is 9.94. The molecule has 1 aliphatic carbocycles. The molecule has 3 atom stereocenters. The molecule has 0 aromatic carbocycles. The number of hydrogen-bond acceptors (Lipinski definition) is 4. The molecule has 3 nitrogen and oxygen atoms in total. The summed E-state index contributed by atoms with van der Waals surface area (Å²) in [7, 11) is 0. The zero-order valence-electron chi connectivity index (χ0n) is 13.5. The molecule has 0 spiro atoms. The number of nitrogens with one attached hydrogen (secondary N) is 1.